The Bertz CT molecular complexity index is 609. The Hall–Kier alpha value is -1.59. The van der Waals surface area contributed by atoms with Crippen LogP contribution in [0.25, 0.3) is 11.4 Å². The fourth-order valence-electron chi connectivity index (χ4n) is 2.57. The fourth-order valence-corrected chi connectivity index (χ4v) is 2.75. The van der Waals surface area contributed by atoms with Gasteiger partial charge in [-0.3, -0.25) is 5.10 Å². The van der Waals surface area contributed by atoms with Crippen LogP contribution in [0.4, 0.5) is 5.95 Å². The summed E-state index contributed by atoms with van der Waals surface area (Å²) in [7, 11) is 0. The number of H-pyrrole nitrogens is 1. The van der Waals surface area contributed by atoms with Crippen LogP contribution in [0.5, 0.6) is 0 Å². The van der Waals surface area contributed by atoms with Gasteiger partial charge in [-0.1, -0.05) is 23.7 Å². The highest BCUT2D eigenvalue weighted by Gasteiger charge is 2.20. The van der Waals surface area contributed by atoms with E-state index in [1.165, 1.54) is 0 Å². The van der Waals surface area contributed by atoms with E-state index in [-0.39, 0.29) is 6.04 Å². The van der Waals surface area contributed by atoms with Gasteiger partial charge in [0, 0.05) is 29.7 Å². The zero-order chi connectivity index (χ0) is 14.1. The van der Waals surface area contributed by atoms with Crippen LogP contribution in [0.3, 0.4) is 0 Å². The number of aromatic nitrogens is 3. The van der Waals surface area contributed by atoms with Gasteiger partial charge in [0.1, 0.15) is 0 Å². The molecule has 5 nitrogen and oxygen atoms in total. The van der Waals surface area contributed by atoms with E-state index in [0.29, 0.717) is 0 Å². The molecule has 1 saturated heterocycles. The molecular formula is C14H18ClN5. The largest absolute Gasteiger partial charge is 0.338 e. The van der Waals surface area contributed by atoms with Crippen LogP contribution >= 0.6 is 11.6 Å². The van der Waals surface area contributed by atoms with Crippen molar-refractivity contribution in [3.05, 3.63) is 28.8 Å². The Morgan fingerprint density at radius 3 is 3.10 bits per heavy atom. The first-order valence-electron chi connectivity index (χ1n) is 6.83. The van der Waals surface area contributed by atoms with Crippen molar-refractivity contribution in [2.75, 3.05) is 18.0 Å². The first-order valence-corrected chi connectivity index (χ1v) is 7.21. The Balaban J connectivity index is 1.88. The highest BCUT2D eigenvalue weighted by Crippen LogP contribution is 2.27. The van der Waals surface area contributed by atoms with Gasteiger partial charge < -0.3 is 10.6 Å². The molecule has 2 heterocycles. The second-order valence-corrected chi connectivity index (χ2v) is 5.65. The number of aromatic amines is 1. The first kappa shape index (κ1) is 13.4. The fraction of sp³-hybridized carbons (Fsp3) is 0.429. The zero-order valence-electron chi connectivity index (χ0n) is 11.4. The highest BCUT2D eigenvalue weighted by atomic mass is 35.5. The van der Waals surface area contributed by atoms with Gasteiger partial charge in [0.15, 0.2) is 5.82 Å². The molecule has 0 aliphatic carbocycles. The Morgan fingerprint density at radius 1 is 1.45 bits per heavy atom. The van der Waals surface area contributed by atoms with Gasteiger partial charge >= 0.3 is 0 Å². The Kier molecular flexibility index (Phi) is 3.63. The molecule has 0 spiro atoms. The molecule has 1 aliphatic rings. The van der Waals surface area contributed by atoms with Crippen LogP contribution in [-0.2, 0) is 0 Å². The zero-order valence-corrected chi connectivity index (χ0v) is 12.2. The molecule has 6 heteroatoms. The summed E-state index contributed by atoms with van der Waals surface area (Å²) in [6.07, 6.45) is 2.16. The minimum atomic E-state index is 0.207. The molecular weight excluding hydrogens is 274 g/mol. The van der Waals surface area contributed by atoms with Crippen molar-refractivity contribution in [3.63, 3.8) is 0 Å². The van der Waals surface area contributed by atoms with E-state index < -0.39 is 0 Å². The molecule has 1 fully saturated rings. The second-order valence-electron chi connectivity index (χ2n) is 5.24. The van der Waals surface area contributed by atoms with E-state index in [4.69, 9.17) is 17.3 Å². The van der Waals surface area contributed by atoms with Crippen molar-refractivity contribution in [2.24, 2.45) is 5.73 Å². The number of benzene rings is 1. The molecule has 106 valence electrons. The lowest BCUT2D eigenvalue weighted by Gasteiger charge is -2.29. The summed E-state index contributed by atoms with van der Waals surface area (Å²) in [6.45, 7) is 3.75. The topological polar surface area (TPSA) is 70.8 Å². The van der Waals surface area contributed by atoms with Gasteiger partial charge in [-0.2, -0.15) is 4.98 Å². The van der Waals surface area contributed by atoms with E-state index in [1.807, 2.05) is 25.1 Å². The number of halogens is 1. The summed E-state index contributed by atoms with van der Waals surface area (Å²) in [5, 5.41) is 8.05. The molecule has 0 bridgehead atoms. The molecule has 1 aliphatic heterocycles. The van der Waals surface area contributed by atoms with Gasteiger partial charge in [0.2, 0.25) is 5.95 Å². The van der Waals surface area contributed by atoms with Crippen molar-refractivity contribution < 1.29 is 0 Å². The van der Waals surface area contributed by atoms with Crippen molar-refractivity contribution in [1.82, 2.24) is 15.2 Å². The molecule has 1 atom stereocenters. The number of piperidine rings is 1. The maximum atomic E-state index is 6.15. The lowest BCUT2D eigenvalue weighted by Crippen LogP contribution is -2.43. The Morgan fingerprint density at radius 2 is 2.30 bits per heavy atom. The highest BCUT2D eigenvalue weighted by molar-refractivity contribution is 6.31. The van der Waals surface area contributed by atoms with E-state index >= 15 is 0 Å². The third kappa shape index (κ3) is 2.51. The third-order valence-corrected chi connectivity index (χ3v) is 4.15. The van der Waals surface area contributed by atoms with E-state index in [1.54, 1.807) is 0 Å². The van der Waals surface area contributed by atoms with Crippen LogP contribution < -0.4 is 10.6 Å². The summed E-state index contributed by atoms with van der Waals surface area (Å²) in [5.41, 5.74) is 7.99. The average Bonchev–Trinajstić information content (AvgIpc) is 2.91. The van der Waals surface area contributed by atoms with Crippen molar-refractivity contribution in [1.29, 1.82) is 0 Å². The standard InChI is InChI=1S/C14H18ClN5/c1-9-11(5-2-6-12(9)15)13-17-14(19-18-13)20-7-3-4-10(16)8-20/h2,5-6,10H,3-4,7-8,16H2,1H3,(H,17,18,19). The number of rotatable bonds is 2. The quantitative estimate of drug-likeness (QED) is 0.891. The molecule has 1 aromatic heterocycles. The minimum Gasteiger partial charge on any atom is -0.338 e. The minimum absolute atomic E-state index is 0.207. The molecule has 20 heavy (non-hydrogen) atoms. The van der Waals surface area contributed by atoms with Crippen LogP contribution in [0.2, 0.25) is 5.02 Å². The molecule has 2 aromatic rings. The summed E-state index contributed by atoms with van der Waals surface area (Å²) in [6, 6.07) is 6.00. The number of anilines is 1. The number of nitrogens with two attached hydrogens (primary N) is 1. The molecule has 0 amide bonds. The number of nitrogens with one attached hydrogen (secondary N) is 1. The molecule has 0 saturated carbocycles. The van der Waals surface area contributed by atoms with Crippen molar-refractivity contribution >= 4 is 17.5 Å². The smallest absolute Gasteiger partial charge is 0.245 e. The SMILES string of the molecule is Cc1c(Cl)cccc1-c1nc(N2CCCC(N)C2)n[nH]1. The molecule has 0 radical (unpaired) electrons. The summed E-state index contributed by atoms with van der Waals surface area (Å²) in [5.74, 6) is 1.47. The van der Waals surface area contributed by atoms with Crippen molar-refractivity contribution in [3.8, 4) is 11.4 Å². The summed E-state index contributed by atoms with van der Waals surface area (Å²) >= 11 is 6.15. The second kappa shape index (κ2) is 5.42. The van der Waals surface area contributed by atoms with Gasteiger partial charge in [0.05, 0.1) is 0 Å². The molecule has 3 N–H and O–H groups in total. The van der Waals surface area contributed by atoms with Gasteiger partial charge in [-0.15, -0.1) is 5.10 Å². The van der Waals surface area contributed by atoms with E-state index in [2.05, 4.69) is 20.1 Å². The first-order chi connectivity index (χ1) is 9.65. The molecule has 1 aromatic carbocycles. The maximum absolute atomic E-state index is 6.15. The predicted molar refractivity (Wildman–Crippen MR) is 81.0 cm³/mol. The number of hydrogen-bond acceptors (Lipinski definition) is 4. The van der Waals surface area contributed by atoms with Crippen molar-refractivity contribution in [2.45, 2.75) is 25.8 Å². The van der Waals surface area contributed by atoms with Gasteiger partial charge in [-0.05, 0) is 31.4 Å². The predicted octanol–water partition coefficient (Wildman–Crippen LogP) is 2.36. The third-order valence-electron chi connectivity index (χ3n) is 3.74. The lowest BCUT2D eigenvalue weighted by molar-refractivity contribution is 0.500. The number of hydrogen-bond donors (Lipinski definition) is 2. The summed E-state index contributed by atoms with van der Waals surface area (Å²) in [4.78, 5) is 6.72. The van der Waals surface area contributed by atoms with Crippen LogP contribution in [0, 0.1) is 6.92 Å². The maximum Gasteiger partial charge on any atom is 0.245 e. The van der Waals surface area contributed by atoms with Crippen LogP contribution in [0.1, 0.15) is 18.4 Å². The van der Waals surface area contributed by atoms with Crippen LogP contribution in [-0.4, -0.2) is 34.3 Å². The molecule has 1 unspecified atom stereocenters. The monoisotopic (exact) mass is 291 g/mol. The average molecular weight is 292 g/mol. The van der Waals surface area contributed by atoms with E-state index in [0.717, 1.165) is 53.9 Å². The van der Waals surface area contributed by atoms with Gasteiger partial charge in [-0.25, -0.2) is 0 Å². The lowest BCUT2D eigenvalue weighted by atomic mass is 10.1. The van der Waals surface area contributed by atoms with E-state index in [9.17, 15) is 0 Å². The molecule has 3 rings (SSSR count). The Labute approximate surface area is 123 Å². The van der Waals surface area contributed by atoms with Gasteiger partial charge in [0.25, 0.3) is 0 Å². The van der Waals surface area contributed by atoms with Crippen LogP contribution in [0.15, 0.2) is 18.2 Å². The number of nitrogens with zero attached hydrogens (tertiary/aromatic N) is 3. The summed E-state index contributed by atoms with van der Waals surface area (Å²) < 4.78 is 0. The normalized spacial score (nSPS) is 19.4.